The molecule has 0 aliphatic heterocycles. The lowest BCUT2D eigenvalue weighted by atomic mass is 10.2. The van der Waals surface area contributed by atoms with E-state index in [0.29, 0.717) is 71.8 Å². The zero-order valence-electron chi connectivity index (χ0n) is 51.5. The fraction of sp³-hybridized carbons (Fsp3) is 0.409. The molecule has 0 saturated heterocycles. The summed E-state index contributed by atoms with van der Waals surface area (Å²) in [5.41, 5.74) is 14.0. The molecule has 20 heteroatoms. The van der Waals surface area contributed by atoms with E-state index in [4.69, 9.17) is 42.6 Å². The summed E-state index contributed by atoms with van der Waals surface area (Å²) in [5.74, 6) is 0. The van der Waals surface area contributed by atoms with Gasteiger partial charge in [0.25, 0.3) is 0 Å². The molecule has 470 valence electrons. The average molecular weight is 1200 g/mol. The molecule has 0 radical (unpaired) electrons. The van der Waals surface area contributed by atoms with Crippen LogP contribution >= 0.6 is 0 Å². The second-order valence-corrected chi connectivity index (χ2v) is 20.7. The number of rotatable bonds is 30. The minimum Gasteiger partial charge on any atom is -0.443 e. The van der Waals surface area contributed by atoms with E-state index < -0.39 is 30.9 Å². The first kappa shape index (κ1) is 75.1. The van der Waals surface area contributed by atoms with Gasteiger partial charge >= 0.3 is 19.7 Å². The van der Waals surface area contributed by atoms with Gasteiger partial charge in [-0.3, -0.25) is 18.4 Å². The van der Waals surface area contributed by atoms with Gasteiger partial charge in [-0.15, -0.1) is 0 Å². The van der Waals surface area contributed by atoms with E-state index in [1.54, 1.807) is 20.8 Å². The van der Waals surface area contributed by atoms with Crippen LogP contribution in [0.25, 0.3) is 0 Å². The first-order chi connectivity index (χ1) is 41.4. The van der Waals surface area contributed by atoms with Crippen molar-refractivity contribution in [1.29, 1.82) is 0 Å². The molecular weight excluding hydrogens is 1110 g/mol. The summed E-state index contributed by atoms with van der Waals surface area (Å²) in [7, 11) is -1.73. The summed E-state index contributed by atoms with van der Waals surface area (Å²) in [6.07, 6.45) is -1.15. The number of benzene rings is 6. The maximum Gasteiger partial charge on any atom is 0.762 e. The Morgan fingerprint density at radius 3 is 0.953 bits per heavy atom. The molecule has 6 aromatic rings. The van der Waals surface area contributed by atoms with E-state index in [9.17, 15) is 22.5 Å². The molecule has 6 rings (SSSR count). The van der Waals surface area contributed by atoms with E-state index in [2.05, 4.69) is 51.0 Å². The van der Waals surface area contributed by atoms with Crippen LogP contribution in [0, 0.1) is 0 Å². The Balaban J connectivity index is 0.000000413. The molecule has 4 N–H and O–H groups in total. The Kier molecular flexibility index (Phi) is 41.2. The monoisotopic (exact) mass is 1200 g/mol. The number of hydrogen-bond donors (Lipinski definition) is 4. The van der Waals surface area contributed by atoms with Crippen LogP contribution in [0.15, 0.2) is 187 Å². The van der Waals surface area contributed by atoms with Gasteiger partial charge in [0.1, 0.15) is 11.2 Å². The van der Waals surface area contributed by atoms with Gasteiger partial charge in [0.15, 0.2) is 0 Å². The highest BCUT2D eigenvalue weighted by Crippen LogP contribution is 2.10. The summed E-state index contributed by atoms with van der Waals surface area (Å²) in [5, 5.41) is 7.34. The Morgan fingerprint density at radius 2 is 0.698 bits per heavy atom. The van der Waals surface area contributed by atoms with Crippen molar-refractivity contribution in [2.75, 3.05) is 59.9 Å². The normalized spacial score (nSPS) is 10.8. The average Bonchev–Trinajstić information content (AvgIpc) is 3.56. The lowest BCUT2D eigenvalue weighted by Crippen LogP contribution is -2.50. The van der Waals surface area contributed by atoms with Gasteiger partial charge in [0, 0.05) is 13.2 Å². The van der Waals surface area contributed by atoms with Crippen LogP contribution in [0.2, 0.25) is 0 Å². The van der Waals surface area contributed by atoms with Crippen LogP contribution in [0.5, 0.6) is 0 Å². The van der Waals surface area contributed by atoms with Crippen molar-refractivity contribution in [3.8, 4) is 0 Å². The Morgan fingerprint density at radius 1 is 0.430 bits per heavy atom. The van der Waals surface area contributed by atoms with Crippen molar-refractivity contribution >= 4 is 25.4 Å². The predicted molar refractivity (Wildman–Crippen MR) is 334 cm³/mol. The first-order valence-corrected chi connectivity index (χ1v) is 28.5. The molecule has 0 aliphatic rings. The highest BCUT2D eigenvalue weighted by molar-refractivity contribution is 6.33. The van der Waals surface area contributed by atoms with Crippen LogP contribution in [-0.2, 0) is 82.3 Å². The van der Waals surface area contributed by atoms with Gasteiger partial charge in [-0.1, -0.05) is 182 Å². The lowest BCUT2D eigenvalue weighted by molar-refractivity contribution is 0.0275. The number of hydrogen-bond acceptors (Lipinski definition) is 14. The van der Waals surface area contributed by atoms with Crippen molar-refractivity contribution in [2.24, 2.45) is 5.10 Å². The Labute approximate surface area is 509 Å². The minimum atomic E-state index is -3.67. The Hall–Kier alpha value is -6.98. The van der Waals surface area contributed by atoms with Crippen molar-refractivity contribution in [3.05, 3.63) is 215 Å². The van der Waals surface area contributed by atoms with Crippen molar-refractivity contribution in [1.82, 2.24) is 21.6 Å². The molecule has 2 amide bonds. The fourth-order valence-electron chi connectivity index (χ4n) is 6.84. The molecule has 6 aromatic carbocycles. The largest absolute Gasteiger partial charge is 0.762 e. The fourth-order valence-corrected chi connectivity index (χ4v) is 6.84. The summed E-state index contributed by atoms with van der Waals surface area (Å²) >= 11 is 0. The summed E-state index contributed by atoms with van der Waals surface area (Å²) in [4.78, 5) is 23.7. The third-order valence-electron chi connectivity index (χ3n) is 10.8. The molecule has 0 aliphatic carbocycles. The number of hydrazine groups is 1. The minimum absolute atomic E-state index is 0.206. The number of amides is 2. The van der Waals surface area contributed by atoms with Gasteiger partial charge in [-0.25, -0.2) is 20.4 Å². The summed E-state index contributed by atoms with van der Waals surface area (Å²) in [6, 6.07) is 59.9. The number of nitrogens with zero attached hydrogens (tertiary/aromatic N) is 1. The number of carbonyl (C=O) groups excluding carboxylic acids is 2. The molecule has 0 spiro atoms. The van der Waals surface area contributed by atoms with Crippen molar-refractivity contribution in [3.63, 3.8) is 0 Å². The molecule has 86 heavy (non-hydrogen) atoms. The molecule has 0 atom stereocenters. The van der Waals surface area contributed by atoms with Crippen LogP contribution < -0.4 is 21.6 Å². The van der Waals surface area contributed by atoms with Gasteiger partial charge in [0.05, 0.1) is 97.1 Å². The van der Waals surface area contributed by atoms with Gasteiger partial charge in [-0.05, 0) is 95.8 Å². The van der Waals surface area contributed by atoms with Crippen molar-refractivity contribution in [2.45, 2.75) is 118 Å². The Bertz CT molecular complexity index is 2460. The highest BCUT2D eigenvalue weighted by atomic mass is 19.4. The number of ether oxygens (including phenoxy) is 9. The molecule has 0 saturated carbocycles. The van der Waals surface area contributed by atoms with Crippen molar-refractivity contribution < 1.29 is 65.2 Å². The maximum absolute atomic E-state index is 11.9. The van der Waals surface area contributed by atoms with Crippen LogP contribution in [0.3, 0.4) is 0 Å². The molecular formula is C66H91BF3N5O11. The van der Waals surface area contributed by atoms with Crippen LogP contribution in [0.4, 0.5) is 22.5 Å². The summed E-state index contributed by atoms with van der Waals surface area (Å²) in [6.45, 7) is 22.1. The predicted octanol–water partition coefficient (Wildman–Crippen LogP) is 13.0. The molecule has 0 bridgehead atoms. The quantitative estimate of drug-likeness (QED) is 0.0190. The first-order valence-electron chi connectivity index (χ1n) is 28.5. The molecule has 0 fully saturated rings. The van der Waals surface area contributed by atoms with E-state index in [1.807, 2.05) is 199 Å². The standard InChI is InChI=1S/C22H30N2O4.C22H28N2O4.C18H23NO2.C4H10O.BF3/c2*1-22(2,3)28-21(25)24-23-20(16-26-14-18-10-6-4-7-11-18)17-27-15-19-12-8-5-9-13-19;1-19-18(14-20-12-16-8-4-2-5-9-16)15-21-13-17-10-6-3-7-11-17;1-3-5-4-2;2-1(3)4/h4-13,20,23H,14-17H2,1-3H3,(H,24,25);4-13H,14-17H2,1-3H3,(H,24,25);2-11,18-19H,12-15H2,1H3;3-4H2,1-2H3;. The zero-order valence-corrected chi connectivity index (χ0v) is 51.5. The molecule has 0 unspecified atom stereocenters. The number of nitrogens with one attached hydrogen (secondary N) is 4. The number of likely N-dealkylation sites (N-methyl/N-ethyl adjacent to an activating group) is 1. The van der Waals surface area contributed by atoms with Gasteiger partial charge in [-0.2, -0.15) is 5.10 Å². The smallest absolute Gasteiger partial charge is 0.443 e. The third kappa shape index (κ3) is 43.6. The molecule has 0 aromatic heterocycles. The molecule has 16 nitrogen and oxygen atoms in total. The van der Waals surface area contributed by atoms with Crippen LogP contribution in [0.1, 0.15) is 88.8 Å². The number of carbonyl (C=O) groups is 2. The van der Waals surface area contributed by atoms with Gasteiger partial charge < -0.3 is 47.9 Å². The zero-order chi connectivity index (χ0) is 62.9. The number of halogens is 3. The van der Waals surface area contributed by atoms with E-state index >= 15 is 0 Å². The van der Waals surface area contributed by atoms with Crippen LogP contribution in [-0.4, -0.2) is 109 Å². The highest BCUT2D eigenvalue weighted by Gasteiger charge is 2.19. The second kappa shape index (κ2) is 47.2. The second-order valence-electron chi connectivity index (χ2n) is 20.7. The van der Waals surface area contributed by atoms with E-state index in [-0.39, 0.29) is 25.3 Å². The maximum atomic E-state index is 11.9. The van der Waals surface area contributed by atoms with E-state index in [0.717, 1.165) is 35.5 Å². The lowest BCUT2D eigenvalue weighted by Gasteiger charge is -2.23. The number of hydrazone groups is 1. The van der Waals surface area contributed by atoms with Gasteiger partial charge in [0.2, 0.25) is 0 Å². The summed E-state index contributed by atoms with van der Waals surface area (Å²) < 4.78 is 78.7. The third-order valence-corrected chi connectivity index (χ3v) is 10.8. The van der Waals surface area contributed by atoms with E-state index in [1.165, 1.54) is 11.1 Å². The topological polar surface area (TPSA) is 178 Å². The SMILES string of the molecule is CC(C)(C)OC(=O)NN=C(COCc1ccccc1)COCc1ccccc1.CC(C)(C)OC(=O)NNC(COCc1ccccc1)COCc1ccccc1.CCOCC.CNC(COCc1ccccc1)COCc1ccccc1.FB(F)F. The molecule has 0 heterocycles.